The zero-order chi connectivity index (χ0) is 45.5. The first-order chi connectivity index (χ1) is 34.2. The second-order valence-electron chi connectivity index (χ2n) is 18.0. The van der Waals surface area contributed by atoms with Gasteiger partial charge in [0, 0.05) is 38.2 Å². The lowest BCUT2D eigenvalue weighted by atomic mass is 9.67. The lowest BCUT2D eigenvalue weighted by Gasteiger charge is -2.34. The quantitative estimate of drug-likeness (QED) is 0.160. The van der Waals surface area contributed by atoms with Crippen molar-refractivity contribution in [3.8, 4) is 67.3 Å². The van der Waals surface area contributed by atoms with Gasteiger partial charge in [0.1, 0.15) is 22.3 Å². The highest BCUT2D eigenvalue weighted by atomic mass is 16.3. The Labute approximate surface area is 398 Å². The van der Waals surface area contributed by atoms with Gasteiger partial charge in [0.05, 0.1) is 16.8 Å². The topological polar surface area (TPSA) is 52.1 Å². The van der Waals surface area contributed by atoms with Crippen LogP contribution >= 0.6 is 0 Å². The van der Waals surface area contributed by atoms with E-state index in [2.05, 4.69) is 212 Å². The fourth-order valence-electron chi connectivity index (χ4n) is 11.0. The minimum Gasteiger partial charge on any atom is -0.456 e. The summed E-state index contributed by atoms with van der Waals surface area (Å²) in [5.41, 5.74) is 19.3. The molecule has 3 aromatic heterocycles. The lowest BCUT2D eigenvalue weighted by Crippen LogP contribution is -2.28. The standard InChI is InChI=1S/C65H40N2O2/c1-4-16-41(17-5-1)64-66-58(45-29-32-49-48-22-10-13-25-56(48)65(57(49)39-45,46-18-6-2-7-19-46)47-20-8-3-9-21-47)40-59(67-64)50-33-28-42(43-30-34-62-54(37-43)51-23-11-14-26-60(51)68-62)36-53(50)44-31-35-63-55(38-44)52-24-12-15-27-61(52)69-63/h1-40H. The van der Waals surface area contributed by atoms with Gasteiger partial charge >= 0.3 is 0 Å². The molecule has 0 fully saturated rings. The lowest BCUT2D eigenvalue weighted by molar-refractivity contribution is 0.668. The molecule has 0 spiro atoms. The molecule has 0 saturated carbocycles. The van der Waals surface area contributed by atoms with Crippen LogP contribution in [-0.2, 0) is 5.41 Å². The van der Waals surface area contributed by atoms with Gasteiger partial charge in [-0.1, -0.05) is 188 Å². The monoisotopic (exact) mass is 880 g/mol. The average molecular weight is 881 g/mol. The van der Waals surface area contributed by atoms with Crippen molar-refractivity contribution in [3.63, 3.8) is 0 Å². The van der Waals surface area contributed by atoms with Gasteiger partial charge in [0.2, 0.25) is 0 Å². The van der Waals surface area contributed by atoms with Crippen molar-refractivity contribution in [3.05, 3.63) is 265 Å². The number of benzene rings is 10. The molecule has 10 aromatic carbocycles. The van der Waals surface area contributed by atoms with E-state index in [4.69, 9.17) is 18.8 Å². The van der Waals surface area contributed by atoms with Crippen molar-refractivity contribution in [2.24, 2.45) is 0 Å². The smallest absolute Gasteiger partial charge is 0.160 e. The molecule has 1 aliphatic carbocycles. The molecule has 14 rings (SSSR count). The molecule has 3 heterocycles. The molecular weight excluding hydrogens is 841 g/mol. The third-order valence-corrected chi connectivity index (χ3v) is 14.2. The van der Waals surface area contributed by atoms with Gasteiger partial charge < -0.3 is 8.83 Å². The number of nitrogens with zero attached hydrogens (tertiary/aromatic N) is 2. The van der Waals surface area contributed by atoms with Gasteiger partial charge in [-0.3, -0.25) is 0 Å². The Morgan fingerprint density at radius 3 is 1.46 bits per heavy atom. The van der Waals surface area contributed by atoms with Crippen LogP contribution in [0.15, 0.2) is 251 Å². The van der Waals surface area contributed by atoms with E-state index >= 15 is 0 Å². The van der Waals surface area contributed by atoms with Crippen LogP contribution in [-0.4, -0.2) is 9.97 Å². The molecular formula is C65H40N2O2. The van der Waals surface area contributed by atoms with Crippen LogP contribution in [0.5, 0.6) is 0 Å². The van der Waals surface area contributed by atoms with Crippen LogP contribution < -0.4 is 0 Å². The number of rotatable bonds is 7. The summed E-state index contributed by atoms with van der Waals surface area (Å²) in [7, 11) is 0. The Hall–Kier alpha value is -9.12. The van der Waals surface area contributed by atoms with Gasteiger partial charge in [-0.05, 0) is 110 Å². The molecule has 0 saturated heterocycles. The minimum atomic E-state index is -0.548. The van der Waals surface area contributed by atoms with E-state index in [9.17, 15) is 0 Å². The van der Waals surface area contributed by atoms with Crippen LogP contribution in [0.1, 0.15) is 22.3 Å². The minimum absolute atomic E-state index is 0.548. The second-order valence-corrected chi connectivity index (χ2v) is 18.0. The molecule has 0 N–H and O–H groups in total. The number of hydrogen-bond acceptors (Lipinski definition) is 4. The summed E-state index contributed by atoms with van der Waals surface area (Å²) in [4.78, 5) is 10.9. The molecule has 0 aliphatic heterocycles. The van der Waals surface area contributed by atoms with E-state index in [1.165, 1.54) is 33.4 Å². The number of aromatic nitrogens is 2. The normalized spacial score (nSPS) is 12.8. The van der Waals surface area contributed by atoms with Crippen molar-refractivity contribution in [2.45, 2.75) is 5.41 Å². The molecule has 0 unspecified atom stereocenters. The van der Waals surface area contributed by atoms with Crippen molar-refractivity contribution >= 4 is 43.9 Å². The van der Waals surface area contributed by atoms with Crippen molar-refractivity contribution in [1.29, 1.82) is 0 Å². The number of para-hydroxylation sites is 2. The van der Waals surface area contributed by atoms with Gasteiger partial charge in [0.25, 0.3) is 0 Å². The second kappa shape index (κ2) is 15.5. The highest BCUT2D eigenvalue weighted by Gasteiger charge is 2.46. The average Bonchev–Trinajstić information content (AvgIpc) is 4.09. The van der Waals surface area contributed by atoms with Crippen molar-refractivity contribution in [1.82, 2.24) is 9.97 Å². The summed E-state index contributed by atoms with van der Waals surface area (Å²) in [6, 6.07) is 86.5. The molecule has 4 nitrogen and oxygen atoms in total. The van der Waals surface area contributed by atoms with Crippen molar-refractivity contribution < 1.29 is 8.83 Å². The van der Waals surface area contributed by atoms with Crippen LogP contribution in [0.2, 0.25) is 0 Å². The zero-order valence-electron chi connectivity index (χ0n) is 37.3. The SMILES string of the molecule is c1ccc(-c2nc(-c3ccc4c(c3)C(c3ccccc3)(c3ccccc3)c3ccccc3-4)cc(-c3ccc(-c4ccc5oc6ccccc6c5c4)cc3-c3ccc4oc5ccccc5c4c3)n2)cc1. The molecule has 0 amide bonds. The van der Waals surface area contributed by atoms with E-state index in [0.717, 1.165) is 94.2 Å². The fourth-order valence-corrected chi connectivity index (χ4v) is 11.0. The first-order valence-corrected chi connectivity index (χ1v) is 23.5. The van der Waals surface area contributed by atoms with Crippen LogP contribution in [0, 0.1) is 0 Å². The maximum Gasteiger partial charge on any atom is 0.160 e. The highest BCUT2D eigenvalue weighted by Crippen LogP contribution is 2.57. The van der Waals surface area contributed by atoms with Crippen LogP contribution in [0.3, 0.4) is 0 Å². The molecule has 69 heavy (non-hydrogen) atoms. The van der Waals surface area contributed by atoms with E-state index in [-0.39, 0.29) is 0 Å². The Kier molecular flexibility index (Phi) is 8.77. The molecule has 0 atom stereocenters. The Morgan fingerprint density at radius 1 is 0.275 bits per heavy atom. The predicted molar refractivity (Wildman–Crippen MR) is 281 cm³/mol. The summed E-state index contributed by atoms with van der Waals surface area (Å²) in [6.07, 6.45) is 0. The third-order valence-electron chi connectivity index (χ3n) is 14.2. The predicted octanol–water partition coefficient (Wildman–Crippen LogP) is 17.0. The molecule has 322 valence electrons. The fraction of sp³-hybridized carbons (Fsp3) is 0.0154. The Morgan fingerprint density at radius 2 is 0.768 bits per heavy atom. The van der Waals surface area contributed by atoms with E-state index in [1.807, 2.05) is 30.3 Å². The van der Waals surface area contributed by atoms with Gasteiger partial charge in [-0.2, -0.15) is 0 Å². The highest BCUT2D eigenvalue weighted by molar-refractivity contribution is 6.08. The molecule has 13 aromatic rings. The number of furan rings is 2. The van der Waals surface area contributed by atoms with Crippen LogP contribution in [0.25, 0.3) is 111 Å². The first-order valence-electron chi connectivity index (χ1n) is 23.5. The van der Waals surface area contributed by atoms with E-state index in [1.54, 1.807) is 0 Å². The molecule has 1 aliphatic rings. The number of fused-ring (bicyclic) bond motifs is 9. The Balaban J connectivity index is 1.00. The summed E-state index contributed by atoms with van der Waals surface area (Å²) in [5, 5.41) is 4.35. The van der Waals surface area contributed by atoms with Gasteiger partial charge in [-0.25, -0.2) is 9.97 Å². The molecule has 4 heteroatoms. The molecule has 0 bridgehead atoms. The maximum absolute atomic E-state index is 6.34. The summed E-state index contributed by atoms with van der Waals surface area (Å²) >= 11 is 0. The summed E-state index contributed by atoms with van der Waals surface area (Å²) in [5.74, 6) is 0.660. The maximum atomic E-state index is 6.34. The van der Waals surface area contributed by atoms with Gasteiger partial charge in [0.15, 0.2) is 5.82 Å². The summed E-state index contributed by atoms with van der Waals surface area (Å²) in [6.45, 7) is 0. The van der Waals surface area contributed by atoms with Crippen LogP contribution in [0.4, 0.5) is 0 Å². The first kappa shape index (κ1) is 39.1. The molecule has 0 radical (unpaired) electrons. The zero-order valence-corrected chi connectivity index (χ0v) is 37.3. The third kappa shape index (κ3) is 6.16. The largest absolute Gasteiger partial charge is 0.456 e. The van der Waals surface area contributed by atoms with E-state index in [0.29, 0.717) is 5.82 Å². The van der Waals surface area contributed by atoms with Gasteiger partial charge in [-0.15, -0.1) is 0 Å². The Bertz CT molecular complexity index is 4090. The van der Waals surface area contributed by atoms with Crippen molar-refractivity contribution in [2.75, 3.05) is 0 Å². The summed E-state index contributed by atoms with van der Waals surface area (Å²) < 4.78 is 12.6. The van der Waals surface area contributed by atoms with E-state index < -0.39 is 5.41 Å². The number of hydrogen-bond donors (Lipinski definition) is 0.